The van der Waals surface area contributed by atoms with E-state index in [0.717, 1.165) is 44.8 Å². The largest absolute Gasteiger partial charge is 0.378 e. The molecule has 4 nitrogen and oxygen atoms in total. The number of aliphatic imine (C=N–C) groups is 1. The lowest BCUT2D eigenvalue weighted by atomic mass is 9.78. The van der Waals surface area contributed by atoms with E-state index in [1.807, 2.05) is 0 Å². The third kappa shape index (κ3) is 3.47. The maximum absolute atomic E-state index is 5.54. The first-order valence-corrected chi connectivity index (χ1v) is 10.7. The lowest BCUT2D eigenvalue weighted by Crippen LogP contribution is -2.39. The topological polar surface area (TPSA) is 28.1 Å². The van der Waals surface area contributed by atoms with E-state index in [0.29, 0.717) is 6.04 Å². The van der Waals surface area contributed by atoms with Crippen LogP contribution in [0.25, 0.3) is 0 Å². The average molecular weight is 382 g/mol. The number of benzene rings is 1. The second-order valence-corrected chi connectivity index (χ2v) is 10.1. The van der Waals surface area contributed by atoms with Crippen molar-refractivity contribution in [3.8, 4) is 0 Å². The first-order chi connectivity index (χ1) is 13.2. The van der Waals surface area contributed by atoms with Crippen molar-refractivity contribution in [3.63, 3.8) is 0 Å². The predicted octanol–water partition coefficient (Wildman–Crippen LogP) is 4.91. The van der Waals surface area contributed by atoms with Gasteiger partial charge in [0.05, 0.1) is 18.9 Å². The molecule has 0 aromatic heterocycles. The Morgan fingerprint density at radius 2 is 1.79 bits per heavy atom. The Bertz CT molecular complexity index is 815. The number of rotatable bonds is 2. The molecule has 1 aromatic rings. The van der Waals surface area contributed by atoms with Gasteiger partial charge in [0.2, 0.25) is 0 Å². The molecule has 3 aliphatic rings. The molecule has 0 saturated carbocycles. The third-order valence-corrected chi connectivity index (χ3v) is 7.02. The molecule has 152 valence electrons. The minimum absolute atomic E-state index is 0.173. The Hall–Kier alpha value is -1.81. The molecule has 4 heteroatoms. The minimum atomic E-state index is 0.173. The Morgan fingerprint density at radius 1 is 1.07 bits per heavy atom. The van der Waals surface area contributed by atoms with Gasteiger partial charge < -0.3 is 14.5 Å². The van der Waals surface area contributed by atoms with Gasteiger partial charge >= 0.3 is 0 Å². The fourth-order valence-electron chi connectivity index (χ4n) is 4.97. The zero-order valence-corrected chi connectivity index (χ0v) is 18.4. The van der Waals surface area contributed by atoms with Gasteiger partial charge in [0.25, 0.3) is 0 Å². The molecular formula is C24H35N3O. The van der Waals surface area contributed by atoms with Gasteiger partial charge in [-0.3, -0.25) is 4.99 Å². The van der Waals surface area contributed by atoms with Crippen LogP contribution in [0.3, 0.4) is 0 Å². The quantitative estimate of drug-likeness (QED) is 0.728. The van der Waals surface area contributed by atoms with Crippen molar-refractivity contribution in [2.45, 2.75) is 58.9 Å². The van der Waals surface area contributed by atoms with Crippen molar-refractivity contribution in [3.05, 3.63) is 35.5 Å². The molecule has 1 fully saturated rings. The Morgan fingerprint density at radius 3 is 2.50 bits per heavy atom. The van der Waals surface area contributed by atoms with Gasteiger partial charge in [0.15, 0.2) is 0 Å². The Kier molecular flexibility index (Phi) is 4.81. The molecule has 0 amide bonds. The summed E-state index contributed by atoms with van der Waals surface area (Å²) in [5.74, 6) is 0. The van der Waals surface area contributed by atoms with Crippen molar-refractivity contribution < 1.29 is 4.74 Å². The normalized spacial score (nSPS) is 27.7. The average Bonchev–Trinajstić information content (AvgIpc) is 2.81. The summed E-state index contributed by atoms with van der Waals surface area (Å²) in [4.78, 5) is 9.99. The summed E-state index contributed by atoms with van der Waals surface area (Å²) >= 11 is 0. The Labute approximate surface area is 170 Å². The smallest absolute Gasteiger partial charge is 0.0653 e. The number of ether oxygens (including phenoxy) is 1. The minimum Gasteiger partial charge on any atom is -0.378 e. The van der Waals surface area contributed by atoms with E-state index in [-0.39, 0.29) is 10.8 Å². The van der Waals surface area contributed by atoms with E-state index in [2.05, 4.69) is 75.7 Å². The highest BCUT2D eigenvalue weighted by Crippen LogP contribution is 2.45. The van der Waals surface area contributed by atoms with Crippen LogP contribution in [-0.2, 0) is 10.2 Å². The fraction of sp³-hybridized carbons (Fsp3) is 0.625. The molecule has 1 aliphatic carbocycles. The number of fused-ring (bicyclic) bond motifs is 1. The molecule has 2 heterocycles. The monoisotopic (exact) mass is 381 g/mol. The molecular weight excluding hydrogens is 346 g/mol. The summed E-state index contributed by atoms with van der Waals surface area (Å²) in [5, 5.41) is 0. The van der Waals surface area contributed by atoms with Crippen LogP contribution in [0.2, 0.25) is 0 Å². The molecule has 0 unspecified atom stereocenters. The third-order valence-electron chi connectivity index (χ3n) is 7.02. The SMILES string of the molecule is C[C@@H]1N(C)c2cc(N=C3C=C(N4CCOCC4)CC(C)(C)C3)ccc2C1(C)C. The lowest BCUT2D eigenvalue weighted by Gasteiger charge is -2.38. The van der Waals surface area contributed by atoms with Crippen LogP contribution in [0.1, 0.15) is 53.0 Å². The lowest BCUT2D eigenvalue weighted by molar-refractivity contribution is 0.0491. The number of hydrogen-bond acceptors (Lipinski definition) is 4. The first-order valence-electron chi connectivity index (χ1n) is 10.7. The van der Waals surface area contributed by atoms with Crippen molar-refractivity contribution in [1.29, 1.82) is 0 Å². The number of allylic oxidation sites excluding steroid dienone is 2. The fourth-order valence-corrected chi connectivity index (χ4v) is 4.97. The van der Waals surface area contributed by atoms with E-state index in [4.69, 9.17) is 9.73 Å². The number of nitrogens with zero attached hydrogens (tertiary/aromatic N) is 3. The van der Waals surface area contributed by atoms with Crippen LogP contribution in [0, 0.1) is 5.41 Å². The van der Waals surface area contributed by atoms with E-state index >= 15 is 0 Å². The molecule has 1 aromatic carbocycles. The zero-order valence-electron chi connectivity index (χ0n) is 18.4. The summed E-state index contributed by atoms with van der Waals surface area (Å²) in [5.41, 5.74) is 6.86. The number of anilines is 1. The maximum Gasteiger partial charge on any atom is 0.0653 e. The van der Waals surface area contributed by atoms with Gasteiger partial charge in [0, 0.05) is 48.7 Å². The number of hydrogen-bond donors (Lipinski definition) is 0. The second kappa shape index (κ2) is 6.91. The standard InChI is InChI=1S/C24H35N3O/c1-17-24(4,5)21-8-7-18(14-22(21)26(17)6)25-19-13-20(16-23(2,3)15-19)27-9-11-28-12-10-27/h7-8,13-14,17H,9-12,15-16H2,1-6H3/t17-/m0/s1. The van der Waals surface area contributed by atoms with Crippen LogP contribution in [-0.4, -0.2) is 50.0 Å². The highest BCUT2D eigenvalue weighted by molar-refractivity contribution is 5.98. The van der Waals surface area contributed by atoms with Crippen LogP contribution < -0.4 is 4.90 Å². The van der Waals surface area contributed by atoms with Crippen LogP contribution >= 0.6 is 0 Å². The maximum atomic E-state index is 5.54. The molecule has 1 saturated heterocycles. The molecule has 4 rings (SSSR count). The van der Waals surface area contributed by atoms with Gasteiger partial charge in [-0.05, 0) is 49.0 Å². The second-order valence-electron chi connectivity index (χ2n) is 10.1. The number of likely N-dealkylation sites (N-methyl/N-ethyl adjacent to an activating group) is 1. The summed E-state index contributed by atoms with van der Waals surface area (Å²) < 4.78 is 5.54. The molecule has 1 atom stereocenters. The van der Waals surface area contributed by atoms with Gasteiger partial charge in [-0.1, -0.05) is 33.8 Å². The first kappa shape index (κ1) is 19.5. The highest BCUT2D eigenvalue weighted by Gasteiger charge is 2.40. The van der Waals surface area contributed by atoms with E-state index < -0.39 is 0 Å². The molecule has 2 aliphatic heterocycles. The van der Waals surface area contributed by atoms with Gasteiger partial charge in [-0.2, -0.15) is 0 Å². The highest BCUT2D eigenvalue weighted by atomic mass is 16.5. The number of morpholine rings is 1. The summed E-state index contributed by atoms with van der Waals surface area (Å²) in [7, 11) is 2.20. The summed E-state index contributed by atoms with van der Waals surface area (Å²) in [6, 6.07) is 7.25. The molecule has 0 bridgehead atoms. The van der Waals surface area contributed by atoms with E-state index in [1.54, 1.807) is 0 Å². The molecule has 0 spiro atoms. The van der Waals surface area contributed by atoms with Crippen LogP contribution in [0.4, 0.5) is 11.4 Å². The van der Waals surface area contributed by atoms with Gasteiger partial charge in [-0.25, -0.2) is 0 Å². The van der Waals surface area contributed by atoms with E-state index in [9.17, 15) is 0 Å². The van der Waals surface area contributed by atoms with Crippen molar-refractivity contribution >= 4 is 17.1 Å². The molecule has 0 radical (unpaired) electrons. The van der Waals surface area contributed by atoms with Crippen molar-refractivity contribution in [2.75, 3.05) is 38.3 Å². The van der Waals surface area contributed by atoms with Gasteiger partial charge in [-0.15, -0.1) is 0 Å². The van der Waals surface area contributed by atoms with E-state index in [1.165, 1.54) is 22.7 Å². The van der Waals surface area contributed by atoms with Crippen molar-refractivity contribution in [2.24, 2.45) is 10.4 Å². The molecule has 28 heavy (non-hydrogen) atoms. The summed E-state index contributed by atoms with van der Waals surface area (Å²) in [6.07, 6.45) is 4.47. The van der Waals surface area contributed by atoms with Crippen molar-refractivity contribution in [1.82, 2.24) is 4.90 Å². The summed E-state index contributed by atoms with van der Waals surface area (Å²) in [6.45, 7) is 15.3. The zero-order chi connectivity index (χ0) is 20.1. The Balaban J connectivity index is 1.66. The molecule has 0 N–H and O–H groups in total. The van der Waals surface area contributed by atoms with Crippen LogP contribution in [0.5, 0.6) is 0 Å². The van der Waals surface area contributed by atoms with Crippen LogP contribution in [0.15, 0.2) is 35.0 Å². The van der Waals surface area contributed by atoms with Gasteiger partial charge in [0.1, 0.15) is 0 Å². The predicted molar refractivity (Wildman–Crippen MR) is 118 cm³/mol.